The van der Waals surface area contributed by atoms with Gasteiger partial charge in [0.2, 0.25) is 0 Å². The highest BCUT2D eigenvalue weighted by molar-refractivity contribution is 6.06. The van der Waals surface area contributed by atoms with Crippen LogP contribution < -0.4 is 10.6 Å². The second kappa shape index (κ2) is 7.09. The minimum atomic E-state index is -0.365. The smallest absolute Gasteiger partial charge is 0.267 e. The van der Waals surface area contributed by atoms with Crippen LogP contribution in [0.25, 0.3) is 0 Å². The molecule has 2 N–H and O–H groups in total. The van der Waals surface area contributed by atoms with Crippen LogP contribution in [0.15, 0.2) is 36.0 Å². The minimum Gasteiger partial charge on any atom is -0.387 e. The molecule has 4 nitrogen and oxygen atoms in total. The summed E-state index contributed by atoms with van der Waals surface area (Å²) in [5, 5.41) is 15.4. The number of nitrogens with zero attached hydrogens (tertiary/aromatic N) is 1. The molecule has 4 heteroatoms. The fourth-order valence-electron chi connectivity index (χ4n) is 4.31. The maximum Gasteiger partial charge on any atom is 0.267 e. The maximum absolute atomic E-state index is 12.3. The molecule has 2 aliphatic carbocycles. The molecule has 0 aliphatic heterocycles. The summed E-state index contributed by atoms with van der Waals surface area (Å²) in [5.74, 6) is 2.02. The summed E-state index contributed by atoms with van der Waals surface area (Å²) in [6.45, 7) is 4.13. The highest BCUT2D eigenvalue weighted by Gasteiger charge is 2.41. The summed E-state index contributed by atoms with van der Waals surface area (Å²) in [4.78, 5) is 12.3. The zero-order valence-electron chi connectivity index (χ0n) is 14.4. The lowest BCUT2D eigenvalue weighted by molar-refractivity contribution is -0.112. The third-order valence-corrected chi connectivity index (χ3v) is 5.57. The predicted octanol–water partition coefficient (Wildman–Crippen LogP) is 3.76. The van der Waals surface area contributed by atoms with Crippen LogP contribution in [0.5, 0.6) is 0 Å². The summed E-state index contributed by atoms with van der Waals surface area (Å²) >= 11 is 0. The van der Waals surface area contributed by atoms with Crippen LogP contribution in [0, 0.1) is 36.0 Å². The third kappa shape index (κ3) is 3.62. The molecule has 1 aromatic rings. The highest BCUT2D eigenvalue weighted by atomic mass is 16.1. The first-order valence-corrected chi connectivity index (χ1v) is 8.81. The number of benzene rings is 1. The molecule has 0 heterocycles. The molecule has 1 aromatic carbocycles. The van der Waals surface area contributed by atoms with E-state index < -0.39 is 0 Å². The van der Waals surface area contributed by atoms with Crippen LogP contribution in [0.4, 0.5) is 5.69 Å². The standard InChI is InChI=1S/C20H25N3O/c1-13-4-3-5-18(8-13)23-20(24)17(11-21)12-22-14(2)19-10-15-6-7-16(19)9-15/h3-5,8,12,14-16,19,22H,6-7,9-10H2,1-2H3,(H,23,24)/b17-12-. The van der Waals surface area contributed by atoms with Crippen LogP contribution in [-0.2, 0) is 4.79 Å². The average Bonchev–Trinajstić information content (AvgIpc) is 3.18. The molecule has 1 amide bonds. The second-order valence-corrected chi connectivity index (χ2v) is 7.29. The molecule has 0 aromatic heterocycles. The number of nitrogens with one attached hydrogen (secondary N) is 2. The molecule has 0 saturated heterocycles. The number of carbonyl (C=O) groups excluding carboxylic acids is 1. The number of hydrogen-bond donors (Lipinski definition) is 2. The monoisotopic (exact) mass is 323 g/mol. The van der Waals surface area contributed by atoms with Crippen molar-refractivity contribution in [3.05, 3.63) is 41.6 Å². The van der Waals surface area contributed by atoms with Gasteiger partial charge in [0.25, 0.3) is 5.91 Å². The highest BCUT2D eigenvalue weighted by Crippen LogP contribution is 2.49. The van der Waals surface area contributed by atoms with E-state index in [9.17, 15) is 10.1 Å². The Morgan fingerprint density at radius 2 is 2.21 bits per heavy atom. The number of fused-ring (bicyclic) bond motifs is 2. The number of nitriles is 1. The second-order valence-electron chi connectivity index (χ2n) is 7.29. The SMILES string of the molecule is Cc1cccc(NC(=O)/C(C#N)=C\NC(C)C2CC3CCC2C3)c1. The van der Waals surface area contributed by atoms with Gasteiger partial charge in [-0.05, 0) is 68.6 Å². The number of hydrogen-bond acceptors (Lipinski definition) is 3. The van der Waals surface area contributed by atoms with Crippen LogP contribution in [0.1, 0.15) is 38.2 Å². The predicted molar refractivity (Wildman–Crippen MR) is 95.0 cm³/mol. The lowest BCUT2D eigenvalue weighted by Crippen LogP contribution is -2.33. The first kappa shape index (κ1) is 16.6. The van der Waals surface area contributed by atoms with Crippen molar-refractivity contribution >= 4 is 11.6 Å². The van der Waals surface area contributed by atoms with Gasteiger partial charge in [-0.1, -0.05) is 18.6 Å². The Bertz CT molecular complexity index is 688. The topological polar surface area (TPSA) is 64.9 Å². The lowest BCUT2D eigenvalue weighted by Gasteiger charge is -2.28. The molecule has 0 radical (unpaired) electrons. The Hall–Kier alpha value is -2.28. The van der Waals surface area contributed by atoms with Gasteiger partial charge in [0, 0.05) is 17.9 Å². The quantitative estimate of drug-likeness (QED) is 0.640. The van der Waals surface area contributed by atoms with Gasteiger partial charge in [0.1, 0.15) is 11.6 Å². The van der Waals surface area contributed by atoms with E-state index in [1.54, 1.807) is 6.20 Å². The molecule has 2 aliphatic rings. The molecular formula is C20H25N3O. The lowest BCUT2D eigenvalue weighted by atomic mass is 9.84. The number of carbonyl (C=O) groups is 1. The van der Waals surface area contributed by atoms with Gasteiger partial charge in [0.15, 0.2) is 0 Å². The molecule has 2 bridgehead atoms. The summed E-state index contributed by atoms with van der Waals surface area (Å²) in [6, 6.07) is 9.87. The summed E-state index contributed by atoms with van der Waals surface area (Å²) < 4.78 is 0. The number of rotatable bonds is 5. The van der Waals surface area contributed by atoms with Crippen molar-refractivity contribution in [3.63, 3.8) is 0 Å². The van der Waals surface area contributed by atoms with Gasteiger partial charge in [0.05, 0.1) is 0 Å². The van der Waals surface area contributed by atoms with E-state index in [2.05, 4.69) is 17.6 Å². The van der Waals surface area contributed by atoms with Crippen molar-refractivity contribution in [2.45, 2.75) is 45.6 Å². The molecule has 0 spiro atoms. The van der Waals surface area contributed by atoms with Crippen LogP contribution in [0.3, 0.4) is 0 Å². The average molecular weight is 323 g/mol. The number of amides is 1. The normalized spacial score (nSPS) is 26.7. The van der Waals surface area contributed by atoms with Gasteiger partial charge >= 0.3 is 0 Å². The molecule has 126 valence electrons. The Morgan fingerprint density at radius 3 is 2.83 bits per heavy atom. The van der Waals surface area contributed by atoms with Crippen LogP contribution in [0.2, 0.25) is 0 Å². The van der Waals surface area contributed by atoms with Gasteiger partial charge in [-0.2, -0.15) is 5.26 Å². The fraction of sp³-hybridized carbons (Fsp3) is 0.500. The van der Waals surface area contributed by atoms with E-state index in [1.807, 2.05) is 37.3 Å². The first-order valence-electron chi connectivity index (χ1n) is 8.81. The van der Waals surface area contributed by atoms with E-state index >= 15 is 0 Å². The maximum atomic E-state index is 12.3. The Kier molecular flexibility index (Phi) is 4.89. The van der Waals surface area contributed by atoms with Crippen LogP contribution in [-0.4, -0.2) is 11.9 Å². The summed E-state index contributed by atoms with van der Waals surface area (Å²) in [6.07, 6.45) is 6.95. The van der Waals surface area contributed by atoms with Crippen molar-refractivity contribution in [1.29, 1.82) is 5.26 Å². The van der Waals surface area contributed by atoms with Gasteiger partial charge < -0.3 is 10.6 Å². The molecule has 4 unspecified atom stereocenters. The Labute approximate surface area is 143 Å². The number of aryl methyl sites for hydroxylation is 1. The van der Waals surface area contributed by atoms with E-state index in [0.29, 0.717) is 17.6 Å². The Morgan fingerprint density at radius 1 is 1.38 bits per heavy atom. The molecule has 2 saturated carbocycles. The largest absolute Gasteiger partial charge is 0.387 e. The van der Waals surface area contributed by atoms with E-state index in [4.69, 9.17) is 0 Å². The molecule has 4 atom stereocenters. The van der Waals surface area contributed by atoms with E-state index in [-0.39, 0.29) is 11.5 Å². The van der Waals surface area contributed by atoms with Crippen molar-refractivity contribution in [2.24, 2.45) is 17.8 Å². The van der Waals surface area contributed by atoms with E-state index in [1.165, 1.54) is 25.7 Å². The van der Waals surface area contributed by atoms with Crippen molar-refractivity contribution in [2.75, 3.05) is 5.32 Å². The van der Waals surface area contributed by atoms with Gasteiger partial charge in [-0.25, -0.2) is 0 Å². The summed E-state index contributed by atoms with van der Waals surface area (Å²) in [5.41, 5.74) is 1.90. The first-order chi connectivity index (χ1) is 11.6. The minimum absolute atomic E-state index is 0.117. The molecule has 2 fully saturated rings. The van der Waals surface area contributed by atoms with E-state index in [0.717, 1.165) is 17.4 Å². The zero-order chi connectivity index (χ0) is 17.1. The zero-order valence-corrected chi connectivity index (χ0v) is 14.4. The Balaban J connectivity index is 1.59. The summed E-state index contributed by atoms with van der Waals surface area (Å²) in [7, 11) is 0. The molecule has 3 rings (SSSR count). The van der Waals surface area contributed by atoms with Gasteiger partial charge in [-0.3, -0.25) is 4.79 Å². The van der Waals surface area contributed by atoms with Crippen molar-refractivity contribution < 1.29 is 4.79 Å². The van der Waals surface area contributed by atoms with Crippen molar-refractivity contribution in [3.8, 4) is 6.07 Å². The van der Waals surface area contributed by atoms with Crippen molar-refractivity contribution in [1.82, 2.24) is 5.32 Å². The molecular weight excluding hydrogens is 298 g/mol. The number of anilines is 1. The van der Waals surface area contributed by atoms with Crippen LogP contribution >= 0.6 is 0 Å². The third-order valence-electron chi connectivity index (χ3n) is 5.57. The van der Waals surface area contributed by atoms with Gasteiger partial charge in [-0.15, -0.1) is 0 Å². The molecule has 24 heavy (non-hydrogen) atoms. The fourth-order valence-corrected chi connectivity index (χ4v) is 4.31.